The Morgan fingerprint density at radius 3 is 1.92 bits per heavy atom. The van der Waals surface area contributed by atoms with Gasteiger partial charge in [0.15, 0.2) is 11.5 Å². The number of hydrazone groups is 1. The lowest BCUT2D eigenvalue weighted by molar-refractivity contribution is 0.0955. The van der Waals surface area contributed by atoms with E-state index in [0.29, 0.717) is 30.3 Å². The van der Waals surface area contributed by atoms with Gasteiger partial charge in [0.2, 0.25) is 0 Å². The predicted octanol–water partition coefficient (Wildman–Crippen LogP) is 6.45. The Hall–Kier alpha value is -4.58. The molecule has 6 heteroatoms. The summed E-state index contributed by atoms with van der Waals surface area (Å²) in [5, 5.41) is 4.16. The summed E-state index contributed by atoms with van der Waals surface area (Å²) in [7, 11) is 0. The van der Waals surface area contributed by atoms with Crippen LogP contribution in [0, 0.1) is 0 Å². The van der Waals surface area contributed by atoms with Gasteiger partial charge in [-0.25, -0.2) is 5.43 Å². The van der Waals surface area contributed by atoms with Gasteiger partial charge in [0.25, 0.3) is 5.91 Å². The molecule has 0 atom stereocenters. The van der Waals surface area contributed by atoms with Gasteiger partial charge in [-0.2, -0.15) is 5.10 Å². The maximum Gasteiger partial charge on any atom is 0.271 e. The summed E-state index contributed by atoms with van der Waals surface area (Å²) in [5.74, 6) is 0.974. The van der Waals surface area contributed by atoms with E-state index in [0.717, 1.165) is 35.5 Å². The molecule has 4 aromatic rings. The number of carbonyl (C=O) groups is 1. The molecule has 194 valence electrons. The molecule has 0 aliphatic heterocycles. The van der Waals surface area contributed by atoms with E-state index in [1.165, 1.54) is 0 Å². The average Bonchev–Trinajstić information content (AvgIpc) is 2.97. The molecule has 0 fully saturated rings. The SMILES string of the molecule is CCN(CC)c1ccc(C(=O)N/N=C\c2ccc(OCc3ccccc3)c(OCc3ccccc3)c2)cc1. The molecule has 0 unspecified atom stereocenters. The van der Waals surface area contributed by atoms with Gasteiger partial charge in [0.1, 0.15) is 13.2 Å². The molecule has 0 aromatic heterocycles. The molecule has 0 bridgehead atoms. The Labute approximate surface area is 224 Å². The summed E-state index contributed by atoms with van der Waals surface area (Å²) >= 11 is 0. The van der Waals surface area contributed by atoms with Crippen LogP contribution in [0.2, 0.25) is 0 Å². The van der Waals surface area contributed by atoms with E-state index in [2.05, 4.69) is 29.3 Å². The van der Waals surface area contributed by atoms with Gasteiger partial charge in [-0.05, 0) is 73.0 Å². The van der Waals surface area contributed by atoms with E-state index >= 15 is 0 Å². The largest absolute Gasteiger partial charge is 0.485 e. The van der Waals surface area contributed by atoms with Crippen molar-refractivity contribution in [3.05, 3.63) is 125 Å². The van der Waals surface area contributed by atoms with E-state index in [1.54, 1.807) is 6.21 Å². The van der Waals surface area contributed by atoms with E-state index < -0.39 is 0 Å². The van der Waals surface area contributed by atoms with Crippen LogP contribution in [-0.2, 0) is 13.2 Å². The summed E-state index contributed by atoms with van der Waals surface area (Å²) in [4.78, 5) is 14.8. The number of nitrogens with zero attached hydrogens (tertiary/aromatic N) is 2. The molecule has 0 spiro atoms. The quantitative estimate of drug-likeness (QED) is 0.177. The zero-order chi connectivity index (χ0) is 26.6. The molecule has 6 nitrogen and oxygen atoms in total. The number of hydrogen-bond donors (Lipinski definition) is 1. The zero-order valence-electron chi connectivity index (χ0n) is 21.8. The normalized spacial score (nSPS) is 10.8. The Balaban J connectivity index is 1.43. The van der Waals surface area contributed by atoms with Crippen LogP contribution in [0.5, 0.6) is 11.5 Å². The molecular formula is C32H33N3O3. The number of benzene rings is 4. The van der Waals surface area contributed by atoms with Crippen molar-refractivity contribution in [1.29, 1.82) is 0 Å². The second kappa shape index (κ2) is 13.7. The van der Waals surface area contributed by atoms with Crippen molar-refractivity contribution in [3.8, 4) is 11.5 Å². The first-order valence-electron chi connectivity index (χ1n) is 12.8. The third kappa shape index (κ3) is 7.46. The van der Waals surface area contributed by atoms with Crippen molar-refractivity contribution in [2.75, 3.05) is 18.0 Å². The first kappa shape index (κ1) is 26.5. The highest BCUT2D eigenvalue weighted by Gasteiger charge is 2.09. The number of amides is 1. The number of carbonyl (C=O) groups excluding carboxylic acids is 1. The Morgan fingerprint density at radius 2 is 1.34 bits per heavy atom. The summed E-state index contributed by atoms with van der Waals surface area (Å²) in [5.41, 5.74) is 7.15. The zero-order valence-corrected chi connectivity index (χ0v) is 21.8. The minimum Gasteiger partial charge on any atom is -0.485 e. The lowest BCUT2D eigenvalue weighted by atomic mass is 10.2. The molecule has 0 saturated carbocycles. The van der Waals surface area contributed by atoms with Crippen molar-refractivity contribution in [1.82, 2.24) is 5.43 Å². The minimum absolute atomic E-state index is 0.268. The van der Waals surface area contributed by atoms with Crippen molar-refractivity contribution < 1.29 is 14.3 Å². The minimum atomic E-state index is -0.268. The number of hydrogen-bond acceptors (Lipinski definition) is 5. The smallest absolute Gasteiger partial charge is 0.271 e. The van der Waals surface area contributed by atoms with Gasteiger partial charge >= 0.3 is 0 Å². The Kier molecular flexibility index (Phi) is 9.51. The summed E-state index contributed by atoms with van der Waals surface area (Å²) in [6.45, 7) is 6.89. The second-order valence-corrected chi connectivity index (χ2v) is 8.67. The molecule has 4 aromatic carbocycles. The monoisotopic (exact) mass is 507 g/mol. The topological polar surface area (TPSA) is 63.2 Å². The molecular weight excluding hydrogens is 474 g/mol. The summed E-state index contributed by atoms with van der Waals surface area (Å²) in [6, 6.07) is 33.1. The lowest BCUT2D eigenvalue weighted by Crippen LogP contribution is -2.22. The fourth-order valence-electron chi connectivity index (χ4n) is 3.95. The van der Waals surface area contributed by atoms with Crippen LogP contribution in [0.15, 0.2) is 108 Å². The van der Waals surface area contributed by atoms with Crippen LogP contribution in [0.25, 0.3) is 0 Å². The van der Waals surface area contributed by atoms with E-state index in [-0.39, 0.29) is 5.91 Å². The third-order valence-corrected chi connectivity index (χ3v) is 6.08. The van der Waals surface area contributed by atoms with Crippen LogP contribution in [0.1, 0.15) is 40.9 Å². The number of anilines is 1. The summed E-state index contributed by atoms with van der Waals surface area (Å²) < 4.78 is 12.2. The molecule has 0 aliphatic rings. The first-order valence-corrected chi connectivity index (χ1v) is 12.8. The van der Waals surface area contributed by atoms with Gasteiger partial charge in [0.05, 0.1) is 6.21 Å². The van der Waals surface area contributed by atoms with Crippen molar-refractivity contribution in [2.24, 2.45) is 5.10 Å². The number of rotatable bonds is 12. The molecule has 0 radical (unpaired) electrons. The lowest BCUT2D eigenvalue weighted by Gasteiger charge is -2.20. The van der Waals surface area contributed by atoms with Crippen molar-refractivity contribution >= 4 is 17.8 Å². The van der Waals surface area contributed by atoms with E-state index in [1.807, 2.05) is 103 Å². The van der Waals surface area contributed by atoms with Gasteiger partial charge in [0, 0.05) is 24.3 Å². The highest BCUT2D eigenvalue weighted by atomic mass is 16.5. The van der Waals surface area contributed by atoms with Crippen LogP contribution in [-0.4, -0.2) is 25.2 Å². The molecule has 0 heterocycles. The number of nitrogens with one attached hydrogen (secondary N) is 1. The molecule has 0 aliphatic carbocycles. The molecule has 4 rings (SSSR count). The molecule has 0 saturated heterocycles. The Morgan fingerprint density at radius 1 is 0.763 bits per heavy atom. The van der Waals surface area contributed by atoms with Crippen molar-refractivity contribution in [2.45, 2.75) is 27.1 Å². The van der Waals surface area contributed by atoms with Crippen LogP contribution in [0.4, 0.5) is 5.69 Å². The molecule has 38 heavy (non-hydrogen) atoms. The Bertz CT molecular complexity index is 1320. The second-order valence-electron chi connectivity index (χ2n) is 8.67. The maximum absolute atomic E-state index is 12.6. The van der Waals surface area contributed by atoms with Crippen LogP contribution in [0.3, 0.4) is 0 Å². The fourth-order valence-corrected chi connectivity index (χ4v) is 3.95. The fraction of sp³-hybridized carbons (Fsp3) is 0.188. The first-order chi connectivity index (χ1) is 18.7. The van der Waals surface area contributed by atoms with Crippen molar-refractivity contribution in [3.63, 3.8) is 0 Å². The predicted molar refractivity (Wildman–Crippen MR) is 153 cm³/mol. The maximum atomic E-state index is 12.6. The van der Waals surface area contributed by atoms with Gasteiger partial charge < -0.3 is 14.4 Å². The van der Waals surface area contributed by atoms with Crippen LogP contribution >= 0.6 is 0 Å². The third-order valence-electron chi connectivity index (χ3n) is 6.08. The van der Waals surface area contributed by atoms with Gasteiger partial charge in [-0.1, -0.05) is 60.7 Å². The molecule has 1 amide bonds. The highest BCUT2D eigenvalue weighted by Crippen LogP contribution is 2.29. The van der Waals surface area contributed by atoms with E-state index in [9.17, 15) is 4.79 Å². The van der Waals surface area contributed by atoms with Gasteiger partial charge in [-0.3, -0.25) is 4.79 Å². The van der Waals surface area contributed by atoms with Gasteiger partial charge in [-0.15, -0.1) is 0 Å². The number of ether oxygens (including phenoxy) is 2. The average molecular weight is 508 g/mol. The molecule has 1 N–H and O–H groups in total. The van der Waals surface area contributed by atoms with Crippen LogP contribution < -0.4 is 19.8 Å². The summed E-state index contributed by atoms with van der Waals surface area (Å²) in [6.07, 6.45) is 1.60. The standard InChI is InChI=1S/C32H33N3O3/c1-3-35(4-2)29-18-16-28(17-19-29)32(36)34-33-22-27-15-20-30(37-23-25-11-7-5-8-12-25)31(21-27)38-24-26-13-9-6-10-14-26/h5-22H,3-4,23-24H2,1-2H3,(H,34,36)/b33-22-. The van der Waals surface area contributed by atoms with E-state index in [4.69, 9.17) is 9.47 Å². The highest BCUT2D eigenvalue weighted by molar-refractivity contribution is 5.95.